The molecule has 7 heteroatoms. The van der Waals surface area contributed by atoms with Crippen molar-refractivity contribution in [2.24, 2.45) is 5.41 Å². The summed E-state index contributed by atoms with van der Waals surface area (Å²) in [7, 11) is 0. The molecule has 3 aliphatic rings. The van der Waals surface area contributed by atoms with Gasteiger partial charge in [0, 0.05) is 23.7 Å². The van der Waals surface area contributed by atoms with E-state index in [1.807, 2.05) is 34.6 Å². The summed E-state index contributed by atoms with van der Waals surface area (Å²) in [5.74, 6) is -0.434. The predicted octanol–water partition coefficient (Wildman–Crippen LogP) is 8.02. The molecule has 1 fully saturated rings. The summed E-state index contributed by atoms with van der Waals surface area (Å²) in [6, 6.07) is 1.73. The van der Waals surface area contributed by atoms with Crippen molar-refractivity contribution in [1.82, 2.24) is 4.90 Å². The van der Waals surface area contributed by atoms with Crippen molar-refractivity contribution in [3.8, 4) is 16.9 Å². The van der Waals surface area contributed by atoms with Gasteiger partial charge in [0.1, 0.15) is 0 Å². The smallest absolute Gasteiger partial charge is 0.339 e. The van der Waals surface area contributed by atoms with E-state index in [9.17, 15) is 9.59 Å². The minimum Gasteiger partial charge on any atom is -0.490 e. The first kappa shape index (κ1) is 32.5. The molecule has 44 heavy (non-hydrogen) atoms. The van der Waals surface area contributed by atoms with E-state index in [0.717, 1.165) is 76.6 Å². The number of esters is 1. The van der Waals surface area contributed by atoms with Crippen LogP contribution in [0.15, 0.2) is 6.07 Å². The molecule has 0 spiro atoms. The summed E-state index contributed by atoms with van der Waals surface area (Å²) >= 11 is 0. The molecule has 0 radical (unpaired) electrons. The van der Waals surface area contributed by atoms with Crippen molar-refractivity contribution in [3.05, 3.63) is 50.8 Å². The van der Waals surface area contributed by atoms with Gasteiger partial charge >= 0.3 is 5.97 Å². The lowest BCUT2D eigenvalue weighted by molar-refractivity contribution is -0.166. The molecule has 0 saturated heterocycles. The molecule has 2 heterocycles. The maximum absolute atomic E-state index is 15.8. The average Bonchev–Trinajstić information content (AvgIpc) is 2.95. The number of ether oxygens (including phenoxy) is 3. The van der Waals surface area contributed by atoms with E-state index < -0.39 is 23.5 Å². The Balaban J connectivity index is 1.79. The minimum atomic E-state index is -1.05. The van der Waals surface area contributed by atoms with E-state index in [1.54, 1.807) is 13.0 Å². The number of amides is 1. The zero-order valence-electron chi connectivity index (χ0n) is 28.2. The molecule has 0 bridgehead atoms. The molecule has 6 nitrogen and oxygen atoms in total. The minimum absolute atomic E-state index is 0.0326. The Labute approximate surface area is 262 Å². The summed E-state index contributed by atoms with van der Waals surface area (Å²) in [6.07, 6.45) is 5.15. The van der Waals surface area contributed by atoms with Crippen molar-refractivity contribution in [2.45, 2.75) is 132 Å². The molecule has 1 saturated carbocycles. The number of rotatable bonds is 6. The fourth-order valence-corrected chi connectivity index (χ4v) is 7.85. The molecule has 2 atom stereocenters. The Morgan fingerprint density at radius 3 is 2.48 bits per heavy atom. The van der Waals surface area contributed by atoms with Gasteiger partial charge in [-0.2, -0.15) is 0 Å². The number of fused-ring (bicyclic) bond motifs is 2. The lowest BCUT2D eigenvalue weighted by atomic mass is 9.71. The molecule has 5 rings (SSSR count). The lowest BCUT2D eigenvalue weighted by Gasteiger charge is -2.47. The first-order valence-corrected chi connectivity index (χ1v) is 16.4. The van der Waals surface area contributed by atoms with Gasteiger partial charge in [-0.3, -0.25) is 4.79 Å². The number of carbonyl (C=O) groups is 2. The van der Waals surface area contributed by atoms with Crippen molar-refractivity contribution in [1.29, 1.82) is 0 Å². The fraction of sp³-hybridized carbons (Fsp3) is 0.622. The first-order chi connectivity index (χ1) is 20.7. The lowest BCUT2D eigenvalue weighted by Crippen LogP contribution is -2.51. The number of carbonyl (C=O) groups excluding carboxylic acids is 2. The normalized spacial score (nSPS) is 20.5. The fourth-order valence-electron chi connectivity index (χ4n) is 7.85. The monoisotopic (exact) mass is 607 g/mol. The van der Waals surface area contributed by atoms with Crippen LogP contribution in [0.1, 0.15) is 119 Å². The largest absolute Gasteiger partial charge is 0.490 e. The van der Waals surface area contributed by atoms with Crippen LogP contribution >= 0.6 is 0 Å². The molecule has 1 unspecified atom stereocenters. The highest BCUT2D eigenvalue weighted by atomic mass is 19.1. The number of benzene rings is 2. The summed E-state index contributed by atoms with van der Waals surface area (Å²) in [4.78, 5) is 29.7. The molecule has 1 aliphatic carbocycles. The molecular formula is C37H50FNO5. The van der Waals surface area contributed by atoms with E-state index in [2.05, 4.69) is 25.7 Å². The summed E-state index contributed by atoms with van der Waals surface area (Å²) < 4.78 is 33.6. The Morgan fingerprint density at radius 1 is 1.09 bits per heavy atom. The first-order valence-electron chi connectivity index (χ1n) is 16.4. The summed E-state index contributed by atoms with van der Waals surface area (Å²) in [5, 5.41) is 0. The zero-order chi connectivity index (χ0) is 32.1. The van der Waals surface area contributed by atoms with E-state index in [4.69, 9.17) is 14.2 Å². The van der Waals surface area contributed by atoms with Gasteiger partial charge in [-0.25, -0.2) is 9.18 Å². The van der Waals surface area contributed by atoms with Gasteiger partial charge in [-0.1, -0.05) is 26.7 Å². The van der Waals surface area contributed by atoms with Gasteiger partial charge in [0.25, 0.3) is 0 Å². The average molecular weight is 608 g/mol. The van der Waals surface area contributed by atoms with Gasteiger partial charge in [-0.15, -0.1) is 0 Å². The standard InChI is InChI=1S/C37H50FNO5/c1-10-42-35(41)34(44-36(5,6)7)32-22(3)25-19-30(40)39(29-15-11-12-16-37(29,8)9)20-27(25)23(4)31(32)26-18-28(38)33-24(21(26)2)14-13-17-43-33/h18,29,34H,10-17,19-20H2,1-9H3/t29?,34-/m0/s1. The van der Waals surface area contributed by atoms with Crippen molar-refractivity contribution < 1.29 is 28.2 Å². The third kappa shape index (κ3) is 5.89. The summed E-state index contributed by atoms with van der Waals surface area (Å²) in [5.41, 5.74) is 7.20. The third-order valence-electron chi connectivity index (χ3n) is 10.1. The predicted molar refractivity (Wildman–Crippen MR) is 170 cm³/mol. The second kappa shape index (κ2) is 12.1. The number of nitrogens with zero attached hydrogens (tertiary/aromatic N) is 1. The van der Waals surface area contributed by atoms with E-state index >= 15 is 4.39 Å². The van der Waals surface area contributed by atoms with E-state index in [1.165, 1.54) is 6.42 Å². The van der Waals surface area contributed by atoms with E-state index in [0.29, 0.717) is 24.5 Å². The van der Waals surface area contributed by atoms with Crippen LogP contribution < -0.4 is 4.74 Å². The highest BCUT2D eigenvalue weighted by Gasteiger charge is 2.42. The van der Waals surface area contributed by atoms with Crippen LogP contribution in [-0.2, 0) is 38.4 Å². The maximum Gasteiger partial charge on any atom is 0.339 e. The van der Waals surface area contributed by atoms with Gasteiger partial charge in [-0.05, 0) is 125 Å². The summed E-state index contributed by atoms with van der Waals surface area (Å²) in [6.45, 7) is 19.3. The molecule has 1 amide bonds. The van der Waals surface area contributed by atoms with Crippen molar-refractivity contribution >= 4 is 11.9 Å². The van der Waals surface area contributed by atoms with Crippen LogP contribution in [0.4, 0.5) is 4.39 Å². The van der Waals surface area contributed by atoms with Crippen molar-refractivity contribution in [2.75, 3.05) is 13.2 Å². The second-order valence-electron chi connectivity index (χ2n) is 14.6. The topological polar surface area (TPSA) is 65.1 Å². The molecule has 2 aromatic rings. The quantitative estimate of drug-likeness (QED) is 0.311. The molecule has 0 N–H and O–H groups in total. The molecule has 2 aliphatic heterocycles. The van der Waals surface area contributed by atoms with Gasteiger partial charge < -0.3 is 19.1 Å². The van der Waals surface area contributed by atoms with Gasteiger partial charge in [0.15, 0.2) is 17.7 Å². The number of hydrogen-bond donors (Lipinski definition) is 0. The highest BCUT2D eigenvalue weighted by Crippen LogP contribution is 2.48. The molecule has 0 aromatic heterocycles. The molecule has 2 aromatic carbocycles. The van der Waals surface area contributed by atoms with E-state index in [-0.39, 0.29) is 30.4 Å². The highest BCUT2D eigenvalue weighted by molar-refractivity contribution is 5.89. The maximum atomic E-state index is 15.8. The van der Waals surface area contributed by atoms with Crippen molar-refractivity contribution in [3.63, 3.8) is 0 Å². The number of halogens is 1. The third-order valence-corrected chi connectivity index (χ3v) is 10.1. The zero-order valence-corrected chi connectivity index (χ0v) is 28.2. The Morgan fingerprint density at radius 2 is 1.82 bits per heavy atom. The SMILES string of the molecule is CCOC(=O)[C@@H](OC(C)(C)C)c1c(C)c2c(c(C)c1-c1cc(F)c3c(c1C)CCCO3)CN(C1CCCCC1(C)C)C(=O)C2. The Bertz CT molecular complexity index is 1470. The van der Waals surface area contributed by atoms with Crippen LogP contribution in [-0.4, -0.2) is 41.6 Å². The Hall–Kier alpha value is -2.93. The van der Waals surface area contributed by atoms with Gasteiger partial charge in [0.05, 0.1) is 25.2 Å². The van der Waals surface area contributed by atoms with Gasteiger partial charge in [0.2, 0.25) is 5.91 Å². The van der Waals surface area contributed by atoms with Crippen LogP contribution in [0, 0.1) is 32.0 Å². The van der Waals surface area contributed by atoms with Crippen LogP contribution in [0.25, 0.3) is 11.1 Å². The second-order valence-corrected chi connectivity index (χ2v) is 14.6. The van der Waals surface area contributed by atoms with Crippen LogP contribution in [0.3, 0.4) is 0 Å². The molecular weight excluding hydrogens is 557 g/mol. The number of hydrogen-bond acceptors (Lipinski definition) is 5. The Kier molecular flexibility index (Phi) is 8.93. The van der Waals surface area contributed by atoms with Crippen LogP contribution in [0.2, 0.25) is 0 Å². The van der Waals surface area contributed by atoms with Crippen LogP contribution in [0.5, 0.6) is 5.75 Å². The molecule has 240 valence electrons.